The molecule has 3 heteroatoms. The maximum absolute atomic E-state index is 12.1. The minimum Gasteiger partial charge on any atom is -0.459 e. The second kappa shape index (κ2) is 5.34. The van der Waals surface area contributed by atoms with Gasteiger partial charge in [0, 0.05) is 0 Å². The van der Waals surface area contributed by atoms with E-state index in [2.05, 4.69) is 0 Å². The number of carbonyl (C=O) groups is 2. The fourth-order valence-corrected chi connectivity index (χ4v) is 1.78. The van der Waals surface area contributed by atoms with Crippen molar-refractivity contribution < 1.29 is 14.3 Å². The van der Waals surface area contributed by atoms with E-state index in [4.69, 9.17) is 4.74 Å². The Morgan fingerprint density at radius 3 is 2.17 bits per heavy atom. The zero-order valence-corrected chi connectivity index (χ0v) is 11.6. The summed E-state index contributed by atoms with van der Waals surface area (Å²) >= 11 is 0. The largest absolute Gasteiger partial charge is 0.459 e. The number of benzene rings is 1. The molecule has 1 aromatic carbocycles. The summed E-state index contributed by atoms with van der Waals surface area (Å²) in [5.74, 6) is -1.51. The Morgan fingerprint density at radius 2 is 1.72 bits per heavy atom. The van der Waals surface area contributed by atoms with Crippen LogP contribution >= 0.6 is 0 Å². The first-order valence-corrected chi connectivity index (χ1v) is 6.01. The molecule has 0 aliphatic carbocycles. The number of hydrogen-bond acceptors (Lipinski definition) is 3. The standard InChI is InChI=1S/C15H20O3/c1-10-8-6-7-9-12(10)13(11(2)16)14(17)18-15(3,4)5/h6-9,13H,1-5H3. The number of ether oxygens (including phenoxy) is 1. The number of carbonyl (C=O) groups excluding carboxylic acids is 2. The molecule has 3 nitrogen and oxygen atoms in total. The SMILES string of the molecule is CC(=O)C(C(=O)OC(C)(C)C)c1ccccc1C. The van der Waals surface area contributed by atoms with E-state index in [0.717, 1.165) is 11.1 Å². The average molecular weight is 248 g/mol. The van der Waals surface area contributed by atoms with Gasteiger partial charge in [-0.05, 0) is 45.7 Å². The predicted molar refractivity (Wildman–Crippen MR) is 70.4 cm³/mol. The monoisotopic (exact) mass is 248 g/mol. The summed E-state index contributed by atoms with van der Waals surface area (Å²) in [6, 6.07) is 7.38. The summed E-state index contributed by atoms with van der Waals surface area (Å²) in [7, 11) is 0. The van der Waals surface area contributed by atoms with Gasteiger partial charge in [-0.15, -0.1) is 0 Å². The van der Waals surface area contributed by atoms with Gasteiger partial charge in [0.05, 0.1) is 0 Å². The molecule has 0 N–H and O–H groups in total. The third-order valence-corrected chi connectivity index (χ3v) is 2.55. The first kappa shape index (κ1) is 14.4. The number of hydrogen-bond donors (Lipinski definition) is 0. The number of ketones is 1. The third kappa shape index (κ3) is 3.69. The minimum absolute atomic E-state index is 0.196. The van der Waals surface area contributed by atoms with Crippen LogP contribution in [0, 0.1) is 6.92 Å². The van der Waals surface area contributed by atoms with E-state index in [1.165, 1.54) is 6.92 Å². The Labute approximate surface area is 108 Å². The molecule has 0 fully saturated rings. The fraction of sp³-hybridized carbons (Fsp3) is 0.467. The Kier molecular flexibility index (Phi) is 4.28. The van der Waals surface area contributed by atoms with E-state index in [0.29, 0.717) is 0 Å². The molecule has 1 atom stereocenters. The number of esters is 1. The molecule has 18 heavy (non-hydrogen) atoms. The summed E-state index contributed by atoms with van der Waals surface area (Å²) in [5, 5.41) is 0. The topological polar surface area (TPSA) is 43.4 Å². The zero-order valence-electron chi connectivity index (χ0n) is 11.6. The maximum Gasteiger partial charge on any atom is 0.321 e. The number of aryl methyl sites for hydroxylation is 1. The maximum atomic E-state index is 12.1. The van der Waals surface area contributed by atoms with E-state index < -0.39 is 17.5 Å². The first-order valence-electron chi connectivity index (χ1n) is 6.01. The van der Waals surface area contributed by atoms with Crippen LogP contribution in [0.15, 0.2) is 24.3 Å². The van der Waals surface area contributed by atoms with Gasteiger partial charge >= 0.3 is 5.97 Å². The zero-order chi connectivity index (χ0) is 13.9. The molecular weight excluding hydrogens is 228 g/mol. The van der Waals surface area contributed by atoms with Gasteiger partial charge in [0.25, 0.3) is 0 Å². The predicted octanol–water partition coefficient (Wildman–Crippen LogP) is 3.01. The molecular formula is C15H20O3. The molecule has 0 spiro atoms. The summed E-state index contributed by atoms with van der Waals surface area (Å²) < 4.78 is 5.31. The smallest absolute Gasteiger partial charge is 0.321 e. The Hall–Kier alpha value is -1.64. The van der Waals surface area contributed by atoms with Gasteiger partial charge < -0.3 is 4.74 Å². The summed E-state index contributed by atoms with van der Waals surface area (Å²) in [5.41, 5.74) is 1.05. The molecule has 0 aliphatic rings. The van der Waals surface area contributed by atoms with Gasteiger partial charge in [-0.2, -0.15) is 0 Å². The number of rotatable bonds is 3. The van der Waals surface area contributed by atoms with Gasteiger partial charge in [0.1, 0.15) is 17.3 Å². The van der Waals surface area contributed by atoms with E-state index in [-0.39, 0.29) is 5.78 Å². The molecule has 0 heterocycles. The Balaban J connectivity index is 3.09. The molecule has 0 radical (unpaired) electrons. The van der Waals surface area contributed by atoms with Crippen molar-refractivity contribution in [3.8, 4) is 0 Å². The lowest BCUT2D eigenvalue weighted by Gasteiger charge is -2.23. The fourth-order valence-electron chi connectivity index (χ4n) is 1.78. The van der Waals surface area contributed by atoms with Gasteiger partial charge in [-0.1, -0.05) is 24.3 Å². The molecule has 1 aromatic rings. The van der Waals surface area contributed by atoms with E-state index >= 15 is 0 Å². The van der Waals surface area contributed by atoms with Crippen molar-refractivity contribution in [1.82, 2.24) is 0 Å². The summed E-state index contributed by atoms with van der Waals surface area (Å²) in [4.78, 5) is 23.8. The Bertz CT molecular complexity index is 455. The van der Waals surface area contributed by atoms with Gasteiger partial charge in [-0.3, -0.25) is 9.59 Å². The van der Waals surface area contributed by atoms with Crippen LogP contribution in [0.3, 0.4) is 0 Å². The average Bonchev–Trinajstić information content (AvgIpc) is 2.17. The highest BCUT2D eigenvalue weighted by molar-refractivity contribution is 6.03. The lowest BCUT2D eigenvalue weighted by molar-refractivity contribution is -0.158. The highest BCUT2D eigenvalue weighted by Gasteiger charge is 2.31. The van der Waals surface area contributed by atoms with Crippen molar-refractivity contribution in [2.45, 2.75) is 46.1 Å². The van der Waals surface area contributed by atoms with Crippen LogP contribution in [0.5, 0.6) is 0 Å². The van der Waals surface area contributed by atoms with Gasteiger partial charge in [-0.25, -0.2) is 0 Å². The van der Waals surface area contributed by atoms with E-state index in [9.17, 15) is 9.59 Å². The second-order valence-corrected chi connectivity index (χ2v) is 5.43. The third-order valence-electron chi connectivity index (χ3n) is 2.55. The van der Waals surface area contributed by atoms with Crippen LogP contribution < -0.4 is 0 Å². The van der Waals surface area contributed by atoms with Crippen molar-refractivity contribution in [3.63, 3.8) is 0 Å². The lowest BCUT2D eigenvalue weighted by atomic mass is 9.91. The minimum atomic E-state index is -0.828. The van der Waals surface area contributed by atoms with Crippen molar-refractivity contribution >= 4 is 11.8 Å². The van der Waals surface area contributed by atoms with E-state index in [1.54, 1.807) is 26.8 Å². The molecule has 1 unspecified atom stereocenters. The van der Waals surface area contributed by atoms with E-state index in [1.807, 2.05) is 25.1 Å². The van der Waals surface area contributed by atoms with Crippen LogP contribution in [0.4, 0.5) is 0 Å². The van der Waals surface area contributed by atoms with Crippen LogP contribution in [0.1, 0.15) is 44.7 Å². The first-order chi connectivity index (χ1) is 8.22. The van der Waals surface area contributed by atoms with Crippen LogP contribution in [0.25, 0.3) is 0 Å². The van der Waals surface area contributed by atoms with Crippen molar-refractivity contribution in [2.24, 2.45) is 0 Å². The summed E-state index contributed by atoms with van der Waals surface area (Å²) in [6.07, 6.45) is 0. The lowest BCUT2D eigenvalue weighted by Crippen LogP contribution is -2.31. The van der Waals surface area contributed by atoms with Crippen LogP contribution in [-0.4, -0.2) is 17.4 Å². The highest BCUT2D eigenvalue weighted by Crippen LogP contribution is 2.24. The van der Waals surface area contributed by atoms with Crippen LogP contribution in [-0.2, 0) is 14.3 Å². The molecule has 0 aromatic heterocycles. The molecule has 0 saturated heterocycles. The molecule has 0 saturated carbocycles. The van der Waals surface area contributed by atoms with Crippen molar-refractivity contribution in [1.29, 1.82) is 0 Å². The summed E-state index contributed by atoms with van der Waals surface area (Å²) in [6.45, 7) is 8.68. The quantitative estimate of drug-likeness (QED) is 0.610. The normalized spacial score (nSPS) is 12.9. The van der Waals surface area contributed by atoms with Crippen LogP contribution in [0.2, 0.25) is 0 Å². The Morgan fingerprint density at radius 1 is 1.17 bits per heavy atom. The van der Waals surface area contributed by atoms with Crippen molar-refractivity contribution in [2.75, 3.05) is 0 Å². The molecule has 0 amide bonds. The van der Waals surface area contributed by atoms with Gasteiger partial charge in [0.2, 0.25) is 0 Å². The molecule has 98 valence electrons. The van der Waals surface area contributed by atoms with Crippen molar-refractivity contribution in [3.05, 3.63) is 35.4 Å². The highest BCUT2D eigenvalue weighted by atomic mass is 16.6. The molecule has 0 bridgehead atoms. The second-order valence-electron chi connectivity index (χ2n) is 5.43. The molecule has 1 rings (SSSR count). The number of Topliss-reactive ketones (excluding diaryl/α,β-unsaturated/α-hetero) is 1. The van der Waals surface area contributed by atoms with Gasteiger partial charge in [0.15, 0.2) is 0 Å². The molecule has 0 aliphatic heterocycles.